The van der Waals surface area contributed by atoms with E-state index in [-0.39, 0.29) is 11.4 Å². The van der Waals surface area contributed by atoms with Crippen molar-refractivity contribution in [2.24, 2.45) is 0 Å². The van der Waals surface area contributed by atoms with Crippen LogP contribution in [0.4, 0.5) is 0 Å². The van der Waals surface area contributed by atoms with Gasteiger partial charge in [-0.05, 0) is 70.0 Å². The van der Waals surface area contributed by atoms with Crippen molar-refractivity contribution in [3.8, 4) is 17.5 Å². The normalized spacial score (nSPS) is 18.8. The van der Waals surface area contributed by atoms with Crippen molar-refractivity contribution in [2.75, 3.05) is 13.1 Å². The number of benzene rings is 1. The topological polar surface area (TPSA) is 81.6 Å². The van der Waals surface area contributed by atoms with Gasteiger partial charge in [-0.2, -0.15) is 0 Å². The first-order chi connectivity index (χ1) is 13.4. The molecule has 0 atom stereocenters. The van der Waals surface area contributed by atoms with E-state index in [1.807, 2.05) is 6.92 Å². The summed E-state index contributed by atoms with van der Waals surface area (Å²) in [5, 5.41) is -0.228. The zero-order valence-corrected chi connectivity index (χ0v) is 16.6. The van der Waals surface area contributed by atoms with Crippen LogP contribution in [0.5, 0.6) is 17.5 Å². The molecule has 1 aliphatic carbocycles. The second-order valence-corrected chi connectivity index (χ2v) is 9.51. The molecule has 2 fully saturated rings. The number of aromatic nitrogens is 2. The van der Waals surface area contributed by atoms with Crippen LogP contribution >= 0.6 is 0 Å². The molecule has 146 valence electrons. The Labute approximate surface area is 166 Å². The SMILES string of the molecule is [B]N1CCC(Oc2ncnc(Oc3ccc(S(=O)(=O)C4CC4)cc3)c2C)CC1. The maximum atomic E-state index is 12.3. The van der Waals surface area contributed by atoms with Crippen LogP contribution in [0.25, 0.3) is 0 Å². The average Bonchev–Trinajstić information content (AvgIpc) is 3.53. The minimum atomic E-state index is -3.20. The number of ether oxygens (including phenoxy) is 2. The Morgan fingerprint density at radius 1 is 1.04 bits per heavy atom. The van der Waals surface area contributed by atoms with Crippen LogP contribution in [0, 0.1) is 6.92 Å². The van der Waals surface area contributed by atoms with E-state index >= 15 is 0 Å². The van der Waals surface area contributed by atoms with Crippen LogP contribution in [-0.2, 0) is 9.84 Å². The number of rotatable bonds is 6. The van der Waals surface area contributed by atoms with Gasteiger partial charge < -0.3 is 14.3 Å². The summed E-state index contributed by atoms with van der Waals surface area (Å²) in [5.41, 5.74) is 0.701. The number of nitrogens with zero attached hydrogens (tertiary/aromatic N) is 3. The van der Waals surface area contributed by atoms with Gasteiger partial charge in [-0.25, -0.2) is 18.4 Å². The monoisotopic (exact) mass is 399 g/mol. The molecule has 0 amide bonds. The van der Waals surface area contributed by atoms with Gasteiger partial charge in [-0.15, -0.1) is 0 Å². The number of hydrogen-bond donors (Lipinski definition) is 0. The predicted octanol–water partition coefficient (Wildman–Crippen LogP) is 2.44. The third kappa shape index (κ3) is 4.15. The van der Waals surface area contributed by atoms with Crippen molar-refractivity contribution in [2.45, 2.75) is 48.9 Å². The fourth-order valence-electron chi connectivity index (χ4n) is 3.17. The lowest BCUT2D eigenvalue weighted by atomic mass is 10.0. The van der Waals surface area contributed by atoms with E-state index in [1.165, 1.54) is 6.33 Å². The molecule has 0 bridgehead atoms. The van der Waals surface area contributed by atoms with Crippen molar-refractivity contribution in [3.05, 3.63) is 36.2 Å². The second kappa shape index (κ2) is 7.71. The van der Waals surface area contributed by atoms with Crippen molar-refractivity contribution < 1.29 is 17.9 Å². The van der Waals surface area contributed by atoms with Crippen LogP contribution in [-0.4, -0.2) is 55.6 Å². The lowest BCUT2D eigenvalue weighted by Crippen LogP contribution is -2.36. The molecule has 1 saturated heterocycles. The van der Waals surface area contributed by atoms with Crippen molar-refractivity contribution in [3.63, 3.8) is 0 Å². The molecule has 1 aliphatic heterocycles. The molecule has 1 aromatic heterocycles. The van der Waals surface area contributed by atoms with Crippen LogP contribution in [0.15, 0.2) is 35.5 Å². The first-order valence-corrected chi connectivity index (χ1v) is 11.0. The number of hydrogen-bond acceptors (Lipinski definition) is 7. The molecule has 7 nitrogen and oxygen atoms in total. The summed E-state index contributed by atoms with van der Waals surface area (Å²) in [7, 11) is 2.58. The van der Waals surface area contributed by atoms with E-state index in [2.05, 4.69) is 9.97 Å². The Kier molecular flexibility index (Phi) is 5.29. The average molecular weight is 399 g/mol. The molecule has 0 unspecified atom stereocenters. The van der Waals surface area contributed by atoms with E-state index in [0.717, 1.165) is 38.8 Å². The Morgan fingerprint density at radius 2 is 1.68 bits per heavy atom. The number of piperidine rings is 1. The fraction of sp³-hybridized carbons (Fsp3) is 0.474. The van der Waals surface area contributed by atoms with Gasteiger partial charge in [-0.1, -0.05) is 0 Å². The molecule has 4 rings (SSSR count). The first-order valence-electron chi connectivity index (χ1n) is 9.43. The summed E-state index contributed by atoms with van der Waals surface area (Å²) in [4.78, 5) is 10.5. The lowest BCUT2D eigenvalue weighted by Gasteiger charge is -2.29. The van der Waals surface area contributed by atoms with Crippen molar-refractivity contribution in [1.82, 2.24) is 14.8 Å². The molecular formula is C19H22BN3O4S. The molecule has 1 aromatic carbocycles. The van der Waals surface area contributed by atoms with Crippen LogP contribution in [0.1, 0.15) is 31.2 Å². The highest BCUT2D eigenvalue weighted by atomic mass is 32.2. The van der Waals surface area contributed by atoms with Gasteiger partial charge in [0.1, 0.15) is 18.2 Å². The van der Waals surface area contributed by atoms with Crippen LogP contribution in [0.2, 0.25) is 0 Å². The Hall–Kier alpha value is -2.13. The molecule has 0 N–H and O–H groups in total. The Balaban J connectivity index is 1.46. The molecule has 28 heavy (non-hydrogen) atoms. The summed E-state index contributed by atoms with van der Waals surface area (Å²) in [6.45, 7) is 3.41. The molecule has 1 saturated carbocycles. The minimum Gasteiger partial charge on any atom is -0.474 e. The van der Waals surface area contributed by atoms with Crippen LogP contribution < -0.4 is 9.47 Å². The van der Waals surface area contributed by atoms with Gasteiger partial charge >= 0.3 is 0 Å². The molecule has 0 spiro atoms. The first kappa shape index (κ1) is 19.2. The Morgan fingerprint density at radius 3 is 2.32 bits per heavy atom. The summed E-state index contributed by atoms with van der Waals surface area (Å²) < 4.78 is 36.4. The molecule has 2 heterocycles. The summed E-state index contributed by atoms with van der Waals surface area (Å²) in [5.74, 6) is 1.39. The summed E-state index contributed by atoms with van der Waals surface area (Å²) >= 11 is 0. The third-order valence-corrected chi connectivity index (χ3v) is 7.35. The second-order valence-electron chi connectivity index (χ2n) is 7.28. The quantitative estimate of drug-likeness (QED) is 0.690. The van der Waals surface area contributed by atoms with E-state index in [0.29, 0.717) is 28.0 Å². The third-order valence-electron chi connectivity index (χ3n) is 5.08. The van der Waals surface area contributed by atoms with Gasteiger partial charge in [0.05, 0.1) is 15.7 Å². The van der Waals surface area contributed by atoms with Crippen molar-refractivity contribution >= 4 is 17.8 Å². The number of sulfone groups is 1. The molecule has 2 aliphatic rings. The van der Waals surface area contributed by atoms with Crippen molar-refractivity contribution in [1.29, 1.82) is 0 Å². The highest BCUT2D eigenvalue weighted by molar-refractivity contribution is 7.92. The van der Waals surface area contributed by atoms with E-state index in [1.54, 1.807) is 29.1 Å². The Bertz CT molecular complexity index is 940. The predicted molar refractivity (Wildman–Crippen MR) is 104 cm³/mol. The van der Waals surface area contributed by atoms with Gasteiger partial charge in [-0.3, -0.25) is 0 Å². The largest absolute Gasteiger partial charge is 0.474 e. The lowest BCUT2D eigenvalue weighted by molar-refractivity contribution is 0.129. The summed E-state index contributed by atoms with van der Waals surface area (Å²) in [6, 6.07) is 6.46. The minimum absolute atomic E-state index is 0.0631. The molecule has 2 aromatic rings. The van der Waals surface area contributed by atoms with Gasteiger partial charge in [0, 0.05) is 0 Å². The van der Waals surface area contributed by atoms with Gasteiger partial charge in [0.25, 0.3) is 0 Å². The standard InChI is InChI=1S/C19H22BN3O4S/c1-13-18(21-12-22-19(13)27-15-8-10-23(20)11-9-15)26-14-2-4-16(5-3-14)28(24,25)17-6-7-17/h2-5,12,15,17H,6-11H2,1H3. The summed E-state index contributed by atoms with van der Waals surface area (Å²) in [6.07, 6.45) is 4.64. The molecular weight excluding hydrogens is 377 g/mol. The van der Waals surface area contributed by atoms with E-state index in [9.17, 15) is 8.42 Å². The smallest absolute Gasteiger partial charge is 0.229 e. The zero-order chi connectivity index (χ0) is 19.7. The highest BCUT2D eigenvalue weighted by Gasteiger charge is 2.36. The molecule has 9 heteroatoms. The maximum Gasteiger partial charge on any atom is 0.229 e. The van der Waals surface area contributed by atoms with Gasteiger partial charge in [0.15, 0.2) is 17.8 Å². The van der Waals surface area contributed by atoms with E-state index < -0.39 is 9.84 Å². The maximum absolute atomic E-state index is 12.3. The molecule has 2 radical (unpaired) electrons. The highest BCUT2D eigenvalue weighted by Crippen LogP contribution is 2.35. The zero-order valence-electron chi connectivity index (χ0n) is 15.7. The van der Waals surface area contributed by atoms with E-state index in [4.69, 9.17) is 17.5 Å². The van der Waals surface area contributed by atoms with Crippen LogP contribution in [0.3, 0.4) is 0 Å². The van der Waals surface area contributed by atoms with Gasteiger partial charge in [0.2, 0.25) is 11.8 Å². The fourth-order valence-corrected chi connectivity index (χ4v) is 4.83.